The summed E-state index contributed by atoms with van der Waals surface area (Å²) >= 11 is 0. The van der Waals surface area contributed by atoms with Crippen LogP contribution in [-0.4, -0.2) is 25.4 Å². The Kier molecular flexibility index (Phi) is 3.92. The normalized spacial score (nSPS) is 10.9. The number of carbonyl (C=O) groups is 1. The van der Waals surface area contributed by atoms with Gasteiger partial charge in [0.1, 0.15) is 17.7 Å². The third-order valence-corrected chi connectivity index (χ3v) is 4.11. The Morgan fingerprint density at radius 2 is 2.00 bits per heavy atom. The van der Waals surface area contributed by atoms with Crippen LogP contribution in [-0.2, 0) is 0 Å². The lowest BCUT2D eigenvalue weighted by molar-refractivity contribution is 0.100. The molecule has 0 saturated heterocycles. The summed E-state index contributed by atoms with van der Waals surface area (Å²) in [5, 5.41) is 3.15. The second-order valence-electron chi connectivity index (χ2n) is 6.15. The van der Waals surface area contributed by atoms with Gasteiger partial charge in [0.05, 0.1) is 11.0 Å². The van der Waals surface area contributed by atoms with E-state index in [1.807, 2.05) is 37.3 Å². The number of imidazole rings is 1. The Labute approximate surface area is 154 Å². The number of fused-ring (bicyclic) bond motifs is 1. The first-order valence-corrected chi connectivity index (χ1v) is 8.25. The monoisotopic (exact) mass is 359 g/mol. The SMILES string of the molecule is Cc1cccc(Nc2nc(-n3cnc4ccc(N)cc43)ncc2C(N)=O)c1. The summed E-state index contributed by atoms with van der Waals surface area (Å²) < 4.78 is 1.71. The quantitative estimate of drug-likeness (QED) is 0.481. The maximum atomic E-state index is 11.8. The summed E-state index contributed by atoms with van der Waals surface area (Å²) in [4.78, 5) is 24.9. The molecule has 4 aromatic rings. The number of nitrogens with two attached hydrogens (primary N) is 2. The standard InChI is InChI=1S/C19H17N7O/c1-11-3-2-4-13(7-11)24-18-14(17(21)27)9-22-19(25-18)26-10-23-15-6-5-12(20)8-16(15)26/h2-10H,20H2,1H3,(H2,21,27)(H,22,24,25). The molecule has 1 amide bonds. The lowest BCUT2D eigenvalue weighted by Gasteiger charge is -2.11. The molecule has 2 aromatic heterocycles. The predicted octanol–water partition coefficient (Wildman–Crippen LogP) is 2.55. The lowest BCUT2D eigenvalue weighted by Crippen LogP contribution is -2.16. The van der Waals surface area contributed by atoms with E-state index in [0.29, 0.717) is 17.5 Å². The van der Waals surface area contributed by atoms with Gasteiger partial charge in [0, 0.05) is 17.6 Å². The van der Waals surface area contributed by atoms with Crippen LogP contribution in [0.4, 0.5) is 17.2 Å². The van der Waals surface area contributed by atoms with Gasteiger partial charge in [0.25, 0.3) is 5.91 Å². The highest BCUT2D eigenvalue weighted by Gasteiger charge is 2.15. The Morgan fingerprint density at radius 3 is 2.78 bits per heavy atom. The number of nitrogens with zero attached hydrogens (tertiary/aromatic N) is 4. The Hall–Kier alpha value is -3.94. The van der Waals surface area contributed by atoms with E-state index in [-0.39, 0.29) is 5.56 Å². The van der Waals surface area contributed by atoms with E-state index in [0.717, 1.165) is 22.3 Å². The van der Waals surface area contributed by atoms with Crippen molar-refractivity contribution >= 4 is 34.1 Å². The number of nitrogen functional groups attached to an aromatic ring is 1. The number of carbonyl (C=O) groups excluding carboxylic acids is 1. The zero-order chi connectivity index (χ0) is 19.0. The van der Waals surface area contributed by atoms with Gasteiger partial charge in [-0.1, -0.05) is 12.1 Å². The topological polar surface area (TPSA) is 125 Å². The highest BCUT2D eigenvalue weighted by atomic mass is 16.1. The van der Waals surface area contributed by atoms with Crippen molar-refractivity contribution in [1.29, 1.82) is 0 Å². The average Bonchev–Trinajstić information content (AvgIpc) is 3.04. The fraction of sp³-hybridized carbons (Fsp3) is 0.0526. The molecule has 0 aliphatic rings. The maximum Gasteiger partial charge on any atom is 0.254 e. The number of hydrogen-bond acceptors (Lipinski definition) is 6. The molecular weight excluding hydrogens is 342 g/mol. The Balaban J connectivity index is 1.83. The van der Waals surface area contributed by atoms with Gasteiger partial charge in [-0.3, -0.25) is 9.36 Å². The summed E-state index contributed by atoms with van der Waals surface area (Å²) in [6.07, 6.45) is 3.01. The minimum absolute atomic E-state index is 0.198. The number of rotatable bonds is 4. The molecule has 0 fully saturated rings. The molecule has 0 aliphatic heterocycles. The van der Waals surface area contributed by atoms with E-state index >= 15 is 0 Å². The second kappa shape index (κ2) is 6.41. The molecule has 4 rings (SSSR count). The lowest BCUT2D eigenvalue weighted by atomic mass is 10.2. The van der Waals surface area contributed by atoms with E-state index in [4.69, 9.17) is 11.5 Å². The van der Waals surface area contributed by atoms with Gasteiger partial charge >= 0.3 is 0 Å². The molecule has 8 heteroatoms. The number of nitrogens with one attached hydrogen (secondary N) is 1. The number of amides is 1. The van der Waals surface area contributed by atoms with Crippen LogP contribution >= 0.6 is 0 Å². The number of hydrogen-bond donors (Lipinski definition) is 3. The highest BCUT2D eigenvalue weighted by Crippen LogP contribution is 2.23. The molecule has 0 saturated carbocycles. The largest absolute Gasteiger partial charge is 0.399 e. The minimum atomic E-state index is -0.614. The Morgan fingerprint density at radius 1 is 1.15 bits per heavy atom. The molecule has 0 spiro atoms. The van der Waals surface area contributed by atoms with Crippen LogP contribution in [0.15, 0.2) is 55.0 Å². The van der Waals surface area contributed by atoms with E-state index < -0.39 is 5.91 Å². The molecule has 0 unspecified atom stereocenters. The molecule has 2 aromatic carbocycles. The van der Waals surface area contributed by atoms with Crippen molar-refractivity contribution in [1.82, 2.24) is 19.5 Å². The second-order valence-corrected chi connectivity index (χ2v) is 6.15. The molecule has 0 radical (unpaired) electrons. The zero-order valence-electron chi connectivity index (χ0n) is 14.5. The van der Waals surface area contributed by atoms with E-state index in [1.54, 1.807) is 23.0 Å². The van der Waals surface area contributed by atoms with E-state index in [9.17, 15) is 4.79 Å². The van der Waals surface area contributed by atoms with E-state index in [2.05, 4.69) is 20.3 Å². The van der Waals surface area contributed by atoms with Gasteiger partial charge in [0.15, 0.2) is 0 Å². The summed E-state index contributed by atoms with van der Waals surface area (Å²) in [5.74, 6) is 0.0588. The van der Waals surface area contributed by atoms with Gasteiger partial charge in [-0.2, -0.15) is 4.98 Å². The number of aryl methyl sites for hydroxylation is 1. The van der Waals surface area contributed by atoms with Crippen molar-refractivity contribution in [3.63, 3.8) is 0 Å². The number of anilines is 3. The maximum absolute atomic E-state index is 11.8. The van der Waals surface area contributed by atoms with Crippen molar-refractivity contribution in [2.75, 3.05) is 11.1 Å². The van der Waals surface area contributed by atoms with Crippen LogP contribution in [0.25, 0.3) is 17.0 Å². The summed E-state index contributed by atoms with van der Waals surface area (Å²) in [6, 6.07) is 13.1. The highest BCUT2D eigenvalue weighted by molar-refractivity contribution is 5.98. The third-order valence-electron chi connectivity index (χ3n) is 4.11. The summed E-state index contributed by atoms with van der Waals surface area (Å²) in [7, 11) is 0. The fourth-order valence-electron chi connectivity index (χ4n) is 2.81. The number of benzene rings is 2. The summed E-state index contributed by atoms with van der Waals surface area (Å²) in [6.45, 7) is 1.98. The number of primary amides is 1. The van der Waals surface area contributed by atoms with Crippen molar-refractivity contribution in [2.45, 2.75) is 6.92 Å². The van der Waals surface area contributed by atoms with Crippen molar-refractivity contribution in [3.05, 3.63) is 66.1 Å². The van der Waals surface area contributed by atoms with Gasteiger partial charge in [-0.05, 0) is 42.8 Å². The minimum Gasteiger partial charge on any atom is -0.399 e. The molecule has 2 heterocycles. The smallest absolute Gasteiger partial charge is 0.254 e. The molecule has 0 atom stereocenters. The van der Waals surface area contributed by atoms with Gasteiger partial charge in [0.2, 0.25) is 5.95 Å². The molecule has 0 aliphatic carbocycles. The zero-order valence-corrected chi connectivity index (χ0v) is 14.5. The van der Waals surface area contributed by atoms with Gasteiger partial charge in [-0.25, -0.2) is 9.97 Å². The molecule has 0 bridgehead atoms. The summed E-state index contributed by atoms with van der Waals surface area (Å²) in [5.41, 5.74) is 15.6. The van der Waals surface area contributed by atoms with E-state index in [1.165, 1.54) is 6.20 Å². The first-order valence-electron chi connectivity index (χ1n) is 8.25. The van der Waals surface area contributed by atoms with Crippen LogP contribution in [0.2, 0.25) is 0 Å². The molecular formula is C19H17N7O. The average molecular weight is 359 g/mol. The van der Waals surface area contributed by atoms with Crippen molar-refractivity contribution in [3.8, 4) is 5.95 Å². The Bertz CT molecular complexity index is 1170. The van der Waals surface area contributed by atoms with Crippen molar-refractivity contribution < 1.29 is 4.79 Å². The van der Waals surface area contributed by atoms with Crippen LogP contribution < -0.4 is 16.8 Å². The fourth-order valence-corrected chi connectivity index (χ4v) is 2.81. The van der Waals surface area contributed by atoms with Gasteiger partial charge in [-0.15, -0.1) is 0 Å². The molecule has 5 N–H and O–H groups in total. The van der Waals surface area contributed by atoms with Crippen molar-refractivity contribution in [2.24, 2.45) is 5.73 Å². The molecule has 134 valence electrons. The van der Waals surface area contributed by atoms with Gasteiger partial charge < -0.3 is 16.8 Å². The molecule has 8 nitrogen and oxygen atoms in total. The first-order chi connectivity index (χ1) is 13.0. The number of aromatic nitrogens is 4. The third kappa shape index (κ3) is 3.15. The van der Waals surface area contributed by atoms with Crippen LogP contribution in [0.3, 0.4) is 0 Å². The first kappa shape index (κ1) is 16.5. The predicted molar refractivity (Wildman–Crippen MR) is 104 cm³/mol. The van der Waals surface area contributed by atoms with Crippen LogP contribution in [0, 0.1) is 6.92 Å². The van der Waals surface area contributed by atoms with Crippen LogP contribution in [0.1, 0.15) is 15.9 Å². The van der Waals surface area contributed by atoms with Crippen LogP contribution in [0.5, 0.6) is 0 Å². The molecule has 27 heavy (non-hydrogen) atoms.